The predicted octanol–water partition coefficient (Wildman–Crippen LogP) is 1.89. The summed E-state index contributed by atoms with van der Waals surface area (Å²) >= 11 is 0. The molecule has 2 aliphatic rings. The van der Waals surface area contributed by atoms with Crippen molar-refractivity contribution in [1.29, 1.82) is 0 Å². The topological polar surface area (TPSA) is 58.4 Å². The average Bonchev–Trinajstić information content (AvgIpc) is 3.13. The summed E-state index contributed by atoms with van der Waals surface area (Å²) in [5.41, 5.74) is 2.14. The first kappa shape index (κ1) is 17.7. The van der Waals surface area contributed by atoms with Crippen molar-refractivity contribution in [3.63, 3.8) is 0 Å². The maximum absolute atomic E-state index is 13.7. The van der Waals surface area contributed by atoms with E-state index in [2.05, 4.69) is 5.10 Å². The maximum Gasteiger partial charge on any atom is 0.257 e. The lowest BCUT2D eigenvalue weighted by Gasteiger charge is -2.35. The van der Waals surface area contributed by atoms with E-state index in [0.717, 1.165) is 31.5 Å². The third kappa shape index (κ3) is 3.59. The van der Waals surface area contributed by atoms with E-state index in [1.54, 1.807) is 34.2 Å². The van der Waals surface area contributed by atoms with Gasteiger partial charge in [0.15, 0.2) is 0 Å². The highest BCUT2D eigenvalue weighted by Gasteiger charge is 2.28. The van der Waals surface area contributed by atoms with E-state index in [1.807, 2.05) is 4.68 Å². The Hall–Kier alpha value is -2.70. The van der Waals surface area contributed by atoms with Crippen LogP contribution in [0.5, 0.6) is 0 Å². The van der Waals surface area contributed by atoms with Gasteiger partial charge in [-0.15, -0.1) is 0 Å². The van der Waals surface area contributed by atoms with Crippen molar-refractivity contribution in [3.05, 3.63) is 53.1 Å². The second kappa shape index (κ2) is 7.50. The summed E-state index contributed by atoms with van der Waals surface area (Å²) in [5, 5.41) is 4.34. The molecule has 0 bridgehead atoms. The van der Waals surface area contributed by atoms with Crippen LogP contribution in [0.3, 0.4) is 0 Å². The number of aryl methyl sites for hydroxylation is 1. The molecule has 27 heavy (non-hydrogen) atoms. The van der Waals surface area contributed by atoms with Crippen LogP contribution >= 0.6 is 0 Å². The zero-order chi connectivity index (χ0) is 18.8. The summed E-state index contributed by atoms with van der Waals surface area (Å²) in [6.07, 6.45) is 4.81. The van der Waals surface area contributed by atoms with Crippen molar-refractivity contribution in [1.82, 2.24) is 19.6 Å². The molecular formula is C20H23FN4O2. The zero-order valence-electron chi connectivity index (χ0n) is 15.2. The third-order valence-corrected chi connectivity index (χ3v) is 5.43. The fourth-order valence-corrected chi connectivity index (χ4v) is 3.85. The summed E-state index contributed by atoms with van der Waals surface area (Å²) in [6, 6.07) is 6.35. The fraction of sp³-hybridized carbons (Fsp3) is 0.450. The second-order valence-corrected chi connectivity index (χ2v) is 7.13. The number of hydrogen-bond acceptors (Lipinski definition) is 3. The molecule has 1 aromatic carbocycles. The van der Waals surface area contributed by atoms with Crippen LogP contribution in [0.2, 0.25) is 0 Å². The number of fused-ring (bicyclic) bond motifs is 1. The molecule has 2 amide bonds. The van der Waals surface area contributed by atoms with Gasteiger partial charge in [-0.05, 0) is 30.9 Å². The molecule has 2 aliphatic heterocycles. The van der Waals surface area contributed by atoms with E-state index in [1.165, 1.54) is 6.07 Å². The van der Waals surface area contributed by atoms with Crippen molar-refractivity contribution >= 4 is 11.8 Å². The molecule has 0 unspecified atom stereocenters. The molecule has 6 nitrogen and oxygen atoms in total. The highest BCUT2D eigenvalue weighted by Crippen LogP contribution is 2.20. The largest absolute Gasteiger partial charge is 0.339 e. The standard InChI is InChI=1S/C20H23FN4O2/c21-17-6-2-1-5-15(17)13-19(26)23-9-11-24(12-10-23)20(27)16-14-22-25-8-4-3-7-18(16)25/h1-2,5-6,14H,3-4,7-13H2. The number of amides is 2. The number of rotatable bonds is 3. The molecule has 0 N–H and O–H groups in total. The molecule has 142 valence electrons. The maximum atomic E-state index is 13.7. The van der Waals surface area contributed by atoms with E-state index in [-0.39, 0.29) is 24.1 Å². The molecule has 1 fully saturated rings. The molecule has 2 aromatic rings. The van der Waals surface area contributed by atoms with E-state index in [0.29, 0.717) is 37.3 Å². The quantitative estimate of drug-likeness (QED) is 0.829. The zero-order valence-corrected chi connectivity index (χ0v) is 15.2. The third-order valence-electron chi connectivity index (χ3n) is 5.43. The van der Waals surface area contributed by atoms with Crippen LogP contribution in [0.1, 0.15) is 34.5 Å². The van der Waals surface area contributed by atoms with Crippen LogP contribution in [0, 0.1) is 5.82 Å². The van der Waals surface area contributed by atoms with Crippen LogP contribution in [0.15, 0.2) is 30.5 Å². The Balaban J connectivity index is 1.36. The molecule has 0 spiro atoms. The second-order valence-electron chi connectivity index (χ2n) is 7.13. The number of benzene rings is 1. The summed E-state index contributed by atoms with van der Waals surface area (Å²) in [6.45, 7) is 2.81. The Bertz CT molecular complexity index is 855. The molecule has 4 rings (SSSR count). The Morgan fingerprint density at radius 2 is 1.74 bits per heavy atom. The van der Waals surface area contributed by atoms with Crippen LogP contribution < -0.4 is 0 Å². The number of aromatic nitrogens is 2. The van der Waals surface area contributed by atoms with Gasteiger partial charge in [0.25, 0.3) is 5.91 Å². The Kier molecular flexibility index (Phi) is 4.92. The lowest BCUT2D eigenvalue weighted by atomic mass is 10.1. The first-order valence-corrected chi connectivity index (χ1v) is 9.48. The summed E-state index contributed by atoms with van der Waals surface area (Å²) in [7, 11) is 0. The molecule has 0 radical (unpaired) electrons. The highest BCUT2D eigenvalue weighted by atomic mass is 19.1. The van der Waals surface area contributed by atoms with Gasteiger partial charge in [0.2, 0.25) is 5.91 Å². The van der Waals surface area contributed by atoms with Gasteiger partial charge in [-0.2, -0.15) is 5.10 Å². The Morgan fingerprint density at radius 1 is 1.00 bits per heavy atom. The molecule has 0 atom stereocenters. The van der Waals surface area contributed by atoms with Gasteiger partial charge in [-0.3, -0.25) is 14.3 Å². The van der Waals surface area contributed by atoms with Gasteiger partial charge in [0.1, 0.15) is 5.82 Å². The molecular weight excluding hydrogens is 347 g/mol. The minimum absolute atomic E-state index is 0.000599. The Morgan fingerprint density at radius 3 is 2.52 bits per heavy atom. The van der Waals surface area contributed by atoms with Crippen molar-refractivity contribution in [2.75, 3.05) is 26.2 Å². The molecule has 7 heteroatoms. The van der Waals surface area contributed by atoms with Crippen molar-refractivity contribution in [2.45, 2.75) is 32.2 Å². The number of carbonyl (C=O) groups excluding carboxylic acids is 2. The first-order valence-electron chi connectivity index (χ1n) is 9.48. The van der Waals surface area contributed by atoms with Crippen LogP contribution in [-0.2, 0) is 24.2 Å². The van der Waals surface area contributed by atoms with Crippen molar-refractivity contribution in [3.8, 4) is 0 Å². The molecule has 0 saturated carbocycles. The van der Waals surface area contributed by atoms with E-state index in [9.17, 15) is 14.0 Å². The van der Waals surface area contributed by atoms with Gasteiger partial charge in [-0.1, -0.05) is 18.2 Å². The SMILES string of the molecule is O=C(Cc1ccccc1F)N1CCN(C(=O)c2cnn3c2CCCC3)CC1. The minimum Gasteiger partial charge on any atom is -0.339 e. The minimum atomic E-state index is -0.356. The number of carbonyl (C=O) groups is 2. The molecule has 3 heterocycles. The highest BCUT2D eigenvalue weighted by molar-refractivity contribution is 5.95. The summed E-state index contributed by atoms with van der Waals surface area (Å²) in [4.78, 5) is 28.8. The van der Waals surface area contributed by atoms with Crippen molar-refractivity contribution in [2.24, 2.45) is 0 Å². The van der Waals surface area contributed by atoms with Gasteiger partial charge in [0, 0.05) is 32.7 Å². The van der Waals surface area contributed by atoms with Gasteiger partial charge >= 0.3 is 0 Å². The average molecular weight is 370 g/mol. The predicted molar refractivity (Wildman–Crippen MR) is 97.8 cm³/mol. The van der Waals surface area contributed by atoms with Gasteiger partial charge < -0.3 is 9.80 Å². The molecule has 1 aromatic heterocycles. The normalized spacial score (nSPS) is 16.9. The lowest BCUT2D eigenvalue weighted by Crippen LogP contribution is -2.51. The smallest absolute Gasteiger partial charge is 0.257 e. The molecule has 0 aliphatic carbocycles. The van der Waals surface area contributed by atoms with E-state index >= 15 is 0 Å². The van der Waals surface area contributed by atoms with Gasteiger partial charge in [0.05, 0.1) is 23.9 Å². The summed E-state index contributed by atoms with van der Waals surface area (Å²) in [5.74, 6) is -0.458. The number of nitrogens with zero attached hydrogens (tertiary/aromatic N) is 4. The number of hydrogen-bond donors (Lipinski definition) is 0. The monoisotopic (exact) mass is 370 g/mol. The van der Waals surface area contributed by atoms with Crippen molar-refractivity contribution < 1.29 is 14.0 Å². The molecule has 1 saturated heterocycles. The van der Waals surface area contributed by atoms with Crippen LogP contribution in [0.25, 0.3) is 0 Å². The lowest BCUT2D eigenvalue weighted by molar-refractivity contribution is -0.132. The fourth-order valence-electron chi connectivity index (χ4n) is 3.85. The van der Waals surface area contributed by atoms with E-state index in [4.69, 9.17) is 0 Å². The number of piperazine rings is 1. The van der Waals surface area contributed by atoms with Crippen LogP contribution in [0.4, 0.5) is 4.39 Å². The first-order chi connectivity index (χ1) is 13.1. The number of halogens is 1. The summed E-state index contributed by atoms with van der Waals surface area (Å²) < 4.78 is 15.7. The van der Waals surface area contributed by atoms with E-state index < -0.39 is 0 Å². The van der Waals surface area contributed by atoms with Gasteiger partial charge in [-0.25, -0.2) is 4.39 Å². The Labute approximate surface area is 157 Å². The van der Waals surface area contributed by atoms with Crippen LogP contribution in [-0.4, -0.2) is 57.6 Å².